The highest BCUT2D eigenvalue weighted by Crippen LogP contribution is 2.61. The highest BCUT2D eigenvalue weighted by molar-refractivity contribution is 9.10. The van der Waals surface area contributed by atoms with E-state index in [-0.39, 0.29) is 11.8 Å². The Morgan fingerprint density at radius 1 is 1.05 bits per heavy atom. The molecule has 3 nitrogen and oxygen atoms in total. The first-order valence-electron chi connectivity index (χ1n) is 7.11. The maximum absolute atomic E-state index is 13.0. The fourth-order valence-electron chi connectivity index (χ4n) is 3.92. The van der Waals surface area contributed by atoms with Crippen LogP contribution in [0.2, 0.25) is 0 Å². The number of fused-ring (bicyclic) bond motifs is 1. The average molecular weight is 401 g/mol. The molecule has 2 fully saturated rings. The van der Waals surface area contributed by atoms with Crippen molar-refractivity contribution >= 4 is 56.6 Å². The molecule has 4 unspecified atom stereocenters. The second-order valence-corrected chi connectivity index (χ2v) is 8.13. The highest BCUT2D eigenvalue weighted by atomic mass is 79.9. The van der Waals surface area contributed by atoms with E-state index < -0.39 is 21.6 Å². The summed E-state index contributed by atoms with van der Waals surface area (Å²) in [6, 6.07) is 7.05. The number of alkyl halides is 2. The van der Waals surface area contributed by atoms with Gasteiger partial charge >= 0.3 is 0 Å². The number of anilines is 1. The van der Waals surface area contributed by atoms with Gasteiger partial charge in [0.15, 0.2) is 9.75 Å². The molecular weight excluding hydrogens is 389 g/mol. The van der Waals surface area contributed by atoms with Gasteiger partial charge in [-0.2, -0.15) is 0 Å². The summed E-state index contributed by atoms with van der Waals surface area (Å²) in [4.78, 5) is 24.4. The van der Waals surface area contributed by atoms with Crippen molar-refractivity contribution in [3.05, 3.63) is 40.9 Å². The van der Waals surface area contributed by atoms with Crippen molar-refractivity contribution in [2.24, 2.45) is 11.8 Å². The van der Waals surface area contributed by atoms with Crippen molar-refractivity contribution in [2.45, 2.75) is 22.6 Å². The van der Waals surface area contributed by atoms with Gasteiger partial charge in [-0.05, 0) is 31.0 Å². The van der Waals surface area contributed by atoms with Gasteiger partial charge < -0.3 is 0 Å². The van der Waals surface area contributed by atoms with E-state index in [9.17, 15) is 9.59 Å². The summed E-state index contributed by atoms with van der Waals surface area (Å²) in [6.07, 6.45) is 5.45. The molecule has 22 heavy (non-hydrogen) atoms. The third kappa shape index (κ3) is 1.53. The highest BCUT2D eigenvalue weighted by Gasteiger charge is 2.76. The molecule has 0 radical (unpaired) electrons. The van der Waals surface area contributed by atoms with E-state index in [2.05, 4.69) is 15.9 Å². The lowest BCUT2D eigenvalue weighted by Gasteiger charge is -2.48. The molecule has 1 aromatic carbocycles. The fourth-order valence-corrected chi connectivity index (χ4v) is 5.28. The molecule has 2 amide bonds. The summed E-state index contributed by atoms with van der Waals surface area (Å²) >= 11 is 16.8. The number of allylic oxidation sites excluding steroid dienone is 2. The van der Waals surface area contributed by atoms with Crippen LogP contribution in [-0.2, 0) is 9.59 Å². The number of hydrogen-bond donors (Lipinski definition) is 0. The third-order valence-corrected chi connectivity index (χ3v) is 7.08. The van der Waals surface area contributed by atoms with Crippen molar-refractivity contribution in [2.75, 3.05) is 4.90 Å². The minimum atomic E-state index is -1.38. The van der Waals surface area contributed by atoms with Crippen molar-refractivity contribution in [1.82, 2.24) is 0 Å². The van der Waals surface area contributed by atoms with E-state index in [0.717, 1.165) is 22.2 Å². The topological polar surface area (TPSA) is 37.4 Å². The molecule has 0 N–H and O–H groups in total. The van der Waals surface area contributed by atoms with Gasteiger partial charge in [0.1, 0.15) is 0 Å². The van der Waals surface area contributed by atoms with Crippen LogP contribution >= 0.6 is 39.1 Å². The predicted molar refractivity (Wildman–Crippen MR) is 89.2 cm³/mol. The van der Waals surface area contributed by atoms with Crippen LogP contribution in [-0.4, -0.2) is 21.6 Å². The minimum Gasteiger partial charge on any atom is -0.272 e. The van der Waals surface area contributed by atoms with Crippen LogP contribution < -0.4 is 4.90 Å². The molecule has 4 aliphatic rings. The van der Waals surface area contributed by atoms with Gasteiger partial charge in [0.05, 0.1) is 5.69 Å². The molecule has 5 rings (SSSR count). The van der Waals surface area contributed by atoms with Crippen LogP contribution in [0.5, 0.6) is 0 Å². The molecule has 0 spiro atoms. The standard InChI is InChI=1S/C16H12BrCl2NO2/c17-11-2-1-3-12(8-11)20-13(21)15(18)9-4-5-10(7-6-9)16(15,19)14(20)22/h1-5,8-10H,6-7H2. The SMILES string of the molecule is O=C1N(c2cccc(Br)c2)C(=O)C2(Cl)C3C=CC(CC3)C12Cl. The Morgan fingerprint density at radius 3 is 2.05 bits per heavy atom. The maximum Gasteiger partial charge on any atom is 0.258 e. The monoisotopic (exact) mass is 399 g/mol. The number of imide groups is 1. The molecular formula is C16H12BrCl2NO2. The first-order chi connectivity index (χ1) is 10.4. The number of halogens is 3. The lowest BCUT2D eigenvalue weighted by molar-refractivity contribution is -0.122. The van der Waals surface area contributed by atoms with Gasteiger partial charge in [-0.1, -0.05) is 34.1 Å². The number of carbonyl (C=O) groups excluding carboxylic acids is 2. The largest absolute Gasteiger partial charge is 0.272 e. The van der Waals surface area contributed by atoms with Crippen molar-refractivity contribution in [1.29, 1.82) is 0 Å². The lowest BCUT2D eigenvalue weighted by atomic mass is 9.62. The van der Waals surface area contributed by atoms with Gasteiger partial charge in [0, 0.05) is 16.3 Å². The molecule has 3 aliphatic carbocycles. The third-order valence-electron chi connectivity index (χ3n) is 5.01. The predicted octanol–water partition coefficient (Wildman–Crippen LogP) is 3.87. The molecule has 1 aromatic rings. The Bertz CT molecular complexity index is 699. The lowest BCUT2D eigenvalue weighted by Crippen LogP contribution is -2.61. The van der Waals surface area contributed by atoms with Crippen LogP contribution in [0, 0.1) is 11.8 Å². The zero-order chi connectivity index (χ0) is 15.7. The molecule has 1 saturated carbocycles. The zero-order valence-corrected chi connectivity index (χ0v) is 14.5. The molecule has 1 aliphatic heterocycles. The van der Waals surface area contributed by atoms with Gasteiger partial charge in [0.2, 0.25) is 0 Å². The Balaban J connectivity index is 1.90. The number of hydrogen-bond acceptors (Lipinski definition) is 2. The number of amides is 2. The molecule has 2 bridgehead atoms. The van der Waals surface area contributed by atoms with Gasteiger partial charge in [-0.15, -0.1) is 23.2 Å². The zero-order valence-electron chi connectivity index (χ0n) is 11.4. The van der Waals surface area contributed by atoms with Crippen LogP contribution in [0.15, 0.2) is 40.9 Å². The summed E-state index contributed by atoms with van der Waals surface area (Å²) in [6.45, 7) is 0. The number of carbonyl (C=O) groups is 2. The van der Waals surface area contributed by atoms with Crippen LogP contribution in [0.25, 0.3) is 0 Å². The second kappa shape index (κ2) is 4.59. The second-order valence-electron chi connectivity index (χ2n) is 6.02. The molecule has 6 heteroatoms. The van der Waals surface area contributed by atoms with Crippen molar-refractivity contribution < 1.29 is 9.59 Å². The molecule has 1 saturated heterocycles. The summed E-state index contributed by atoms with van der Waals surface area (Å²) in [5.74, 6) is -1.23. The molecule has 1 heterocycles. The van der Waals surface area contributed by atoms with Crippen LogP contribution in [0.1, 0.15) is 12.8 Å². The smallest absolute Gasteiger partial charge is 0.258 e. The van der Waals surface area contributed by atoms with E-state index in [1.807, 2.05) is 18.2 Å². The Kier molecular flexibility index (Phi) is 3.07. The van der Waals surface area contributed by atoms with Crippen LogP contribution in [0.4, 0.5) is 5.69 Å². The van der Waals surface area contributed by atoms with E-state index in [0.29, 0.717) is 5.69 Å². The Hall–Kier alpha value is -0.840. The van der Waals surface area contributed by atoms with Gasteiger partial charge in [-0.3, -0.25) is 9.59 Å². The molecule has 4 atom stereocenters. The minimum absolute atomic E-state index is 0.203. The first-order valence-corrected chi connectivity index (χ1v) is 8.66. The normalized spacial score (nSPS) is 39.5. The van der Waals surface area contributed by atoms with E-state index >= 15 is 0 Å². The summed E-state index contributed by atoms with van der Waals surface area (Å²) in [5.41, 5.74) is 0.498. The number of benzene rings is 1. The summed E-state index contributed by atoms with van der Waals surface area (Å²) < 4.78 is 0.786. The van der Waals surface area contributed by atoms with E-state index in [1.165, 1.54) is 0 Å². The average Bonchev–Trinajstić information content (AvgIpc) is 2.68. The summed E-state index contributed by atoms with van der Waals surface area (Å²) in [5, 5.41) is 0. The van der Waals surface area contributed by atoms with Crippen LogP contribution in [0.3, 0.4) is 0 Å². The quantitative estimate of drug-likeness (QED) is 0.407. The maximum atomic E-state index is 13.0. The first kappa shape index (κ1) is 14.7. The number of nitrogens with zero attached hydrogens (tertiary/aromatic N) is 1. The number of rotatable bonds is 1. The fraction of sp³-hybridized carbons (Fsp3) is 0.375. The van der Waals surface area contributed by atoms with Crippen molar-refractivity contribution in [3.8, 4) is 0 Å². The Labute approximate surface area is 146 Å². The van der Waals surface area contributed by atoms with Crippen molar-refractivity contribution in [3.63, 3.8) is 0 Å². The van der Waals surface area contributed by atoms with E-state index in [1.54, 1.807) is 18.2 Å². The van der Waals surface area contributed by atoms with E-state index in [4.69, 9.17) is 23.2 Å². The Morgan fingerprint density at radius 2 is 1.59 bits per heavy atom. The summed E-state index contributed by atoms with van der Waals surface area (Å²) in [7, 11) is 0. The molecule has 114 valence electrons. The van der Waals surface area contributed by atoms with Gasteiger partial charge in [-0.25, -0.2) is 4.90 Å². The van der Waals surface area contributed by atoms with Gasteiger partial charge in [0.25, 0.3) is 11.8 Å². The molecule has 0 aromatic heterocycles.